The van der Waals surface area contributed by atoms with Crippen molar-refractivity contribution < 1.29 is 14.3 Å². The number of carbonyl (C=O) groups is 1. The molecule has 0 aromatic heterocycles. The van der Waals surface area contributed by atoms with Gasteiger partial charge in [0.25, 0.3) is 0 Å². The molecule has 148 valence electrons. The third-order valence-electron chi connectivity index (χ3n) is 5.42. The van der Waals surface area contributed by atoms with Crippen molar-refractivity contribution in [2.75, 3.05) is 13.2 Å². The number of amides is 2. The van der Waals surface area contributed by atoms with Crippen LogP contribution in [0.3, 0.4) is 0 Å². The molecule has 2 N–H and O–H groups in total. The van der Waals surface area contributed by atoms with Crippen LogP contribution in [0.25, 0.3) is 0 Å². The minimum absolute atomic E-state index is 0.0641. The lowest BCUT2D eigenvalue weighted by molar-refractivity contribution is 0.171. The number of rotatable bonds is 6. The molecule has 0 saturated heterocycles. The molecule has 1 aliphatic heterocycles. The fourth-order valence-corrected chi connectivity index (χ4v) is 3.78. The van der Waals surface area contributed by atoms with E-state index < -0.39 is 0 Å². The van der Waals surface area contributed by atoms with Crippen LogP contribution in [0, 0.1) is 11.8 Å². The van der Waals surface area contributed by atoms with Crippen molar-refractivity contribution >= 4 is 6.03 Å². The lowest BCUT2D eigenvalue weighted by Gasteiger charge is -2.27. The minimum atomic E-state index is -0.130. The van der Waals surface area contributed by atoms with E-state index in [0.29, 0.717) is 19.1 Å². The SMILES string of the molecule is CC(C)[C@@H](NC(=O)N[C@@H](c1ccccc1)C1CC1)c1ccc2c(c1)OCCO2. The van der Waals surface area contributed by atoms with Crippen molar-refractivity contribution in [2.24, 2.45) is 11.8 Å². The van der Waals surface area contributed by atoms with Gasteiger partial charge in [0, 0.05) is 0 Å². The van der Waals surface area contributed by atoms with Crippen molar-refractivity contribution in [1.82, 2.24) is 10.6 Å². The van der Waals surface area contributed by atoms with E-state index in [9.17, 15) is 4.79 Å². The van der Waals surface area contributed by atoms with Gasteiger partial charge in [-0.2, -0.15) is 0 Å². The lowest BCUT2D eigenvalue weighted by atomic mass is 9.95. The van der Waals surface area contributed by atoms with E-state index in [4.69, 9.17) is 9.47 Å². The molecule has 2 atom stereocenters. The maximum absolute atomic E-state index is 12.9. The zero-order chi connectivity index (χ0) is 19.5. The molecule has 5 nitrogen and oxygen atoms in total. The van der Waals surface area contributed by atoms with Crippen molar-refractivity contribution in [3.63, 3.8) is 0 Å². The van der Waals surface area contributed by atoms with E-state index in [0.717, 1.165) is 29.9 Å². The number of nitrogens with one attached hydrogen (secondary N) is 2. The standard InChI is InChI=1S/C23H28N2O3/c1-15(2)21(18-10-11-19-20(14-18)28-13-12-27-19)24-23(26)25-22(17-8-9-17)16-6-4-3-5-7-16/h3-7,10-11,14-15,17,21-22H,8-9,12-13H2,1-2H3,(H2,24,25,26)/t21-,22+/m1/s1. The fourth-order valence-electron chi connectivity index (χ4n) is 3.78. The summed E-state index contributed by atoms with van der Waals surface area (Å²) in [4.78, 5) is 12.9. The second kappa shape index (κ2) is 8.13. The second-order valence-corrected chi connectivity index (χ2v) is 7.97. The first kappa shape index (κ1) is 18.7. The van der Waals surface area contributed by atoms with Gasteiger partial charge in [0.1, 0.15) is 13.2 Å². The molecule has 1 fully saturated rings. The summed E-state index contributed by atoms with van der Waals surface area (Å²) in [5.74, 6) is 2.28. The lowest BCUT2D eigenvalue weighted by Crippen LogP contribution is -2.42. The highest BCUT2D eigenvalue weighted by molar-refractivity contribution is 5.75. The maximum Gasteiger partial charge on any atom is 0.315 e. The van der Waals surface area contributed by atoms with E-state index in [-0.39, 0.29) is 24.0 Å². The van der Waals surface area contributed by atoms with Gasteiger partial charge in [-0.25, -0.2) is 4.79 Å². The van der Waals surface area contributed by atoms with Crippen LogP contribution in [0.1, 0.15) is 49.9 Å². The minimum Gasteiger partial charge on any atom is -0.486 e. The molecule has 0 bridgehead atoms. The highest BCUT2D eigenvalue weighted by atomic mass is 16.6. The number of benzene rings is 2. The number of fused-ring (bicyclic) bond motifs is 1. The summed E-state index contributed by atoms with van der Waals surface area (Å²) in [6, 6.07) is 16.0. The Balaban J connectivity index is 1.48. The topological polar surface area (TPSA) is 59.6 Å². The number of hydrogen-bond acceptors (Lipinski definition) is 3. The Morgan fingerprint density at radius 2 is 1.64 bits per heavy atom. The molecule has 5 heteroatoms. The molecule has 2 amide bonds. The first-order valence-corrected chi connectivity index (χ1v) is 10.1. The first-order chi connectivity index (χ1) is 13.6. The van der Waals surface area contributed by atoms with Gasteiger partial charge >= 0.3 is 6.03 Å². The third kappa shape index (κ3) is 4.24. The highest BCUT2D eigenvalue weighted by Crippen LogP contribution is 2.41. The molecule has 1 saturated carbocycles. The molecule has 0 radical (unpaired) electrons. The molecule has 1 heterocycles. The van der Waals surface area contributed by atoms with Crippen LogP contribution in [0.2, 0.25) is 0 Å². The molecule has 28 heavy (non-hydrogen) atoms. The van der Waals surface area contributed by atoms with Crippen LogP contribution >= 0.6 is 0 Å². The fraction of sp³-hybridized carbons (Fsp3) is 0.435. The second-order valence-electron chi connectivity index (χ2n) is 7.97. The average Bonchev–Trinajstić information content (AvgIpc) is 3.55. The van der Waals surface area contributed by atoms with Crippen LogP contribution < -0.4 is 20.1 Å². The zero-order valence-corrected chi connectivity index (χ0v) is 16.5. The van der Waals surface area contributed by atoms with Gasteiger partial charge in [-0.05, 0) is 47.9 Å². The molecule has 1 aliphatic carbocycles. The number of carbonyl (C=O) groups excluding carboxylic acids is 1. The van der Waals surface area contributed by atoms with Crippen LogP contribution in [0.15, 0.2) is 48.5 Å². The van der Waals surface area contributed by atoms with Crippen LogP contribution in [0.4, 0.5) is 4.79 Å². The van der Waals surface area contributed by atoms with Crippen molar-refractivity contribution in [3.8, 4) is 11.5 Å². The summed E-state index contributed by atoms with van der Waals surface area (Å²) in [5.41, 5.74) is 2.19. The monoisotopic (exact) mass is 380 g/mol. The predicted octanol–water partition coefficient (Wildman–Crippen LogP) is 4.61. The molecule has 2 aromatic carbocycles. The quantitative estimate of drug-likeness (QED) is 0.770. The Hall–Kier alpha value is -2.69. The zero-order valence-electron chi connectivity index (χ0n) is 16.5. The summed E-state index contributed by atoms with van der Waals surface area (Å²) in [5, 5.41) is 6.38. The van der Waals surface area contributed by atoms with Crippen LogP contribution in [-0.2, 0) is 0 Å². The van der Waals surface area contributed by atoms with Crippen LogP contribution in [0.5, 0.6) is 11.5 Å². The molecular formula is C23H28N2O3. The highest BCUT2D eigenvalue weighted by Gasteiger charge is 2.34. The third-order valence-corrected chi connectivity index (χ3v) is 5.42. The van der Waals surface area contributed by atoms with Gasteiger partial charge in [-0.1, -0.05) is 50.2 Å². The van der Waals surface area contributed by atoms with Crippen molar-refractivity contribution in [1.29, 1.82) is 0 Å². The van der Waals surface area contributed by atoms with Crippen molar-refractivity contribution in [2.45, 2.75) is 38.8 Å². The normalized spacial score (nSPS) is 17.7. The summed E-state index contributed by atoms with van der Waals surface area (Å²) in [6.45, 7) is 5.34. The maximum atomic E-state index is 12.9. The number of ether oxygens (including phenoxy) is 2. The predicted molar refractivity (Wildman–Crippen MR) is 109 cm³/mol. The first-order valence-electron chi connectivity index (χ1n) is 10.1. The van der Waals surface area contributed by atoms with Gasteiger partial charge in [0.2, 0.25) is 0 Å². The van der Waals surface area contributed by atoms with E-state index in [2.05, 4.69) is 36.6 Å². The Morgan fingerprint density at radius 1 is 0.929 bits per heavy atom. The van der Waals surface area contributed by atoms with Crippen molar-refractivity contribution in [3.05, 3.63) is 59.7 Å². The number of urea groups is 1. The molecule has 4 rings (SSSR count). The smallest absolute Gasteiger partial charge is 0.315 e. The molecule has 0 spiro atoms. The van der Waals surface area contributed by atoms with Crippen LogP contribution in [-0.4, -0.2) is 19.2 Å². The van der Waals surface area contributed by atoms with Gasteiger partial charge in [-0.3, -0.25) is 0 Å². The largest absolute Gasteiger partial charge is 0.486 e. The number of hydrogen-bond donors (Lipinski definition) is 2. The molecule has 2 aliphatic rings. The van der Waals surface area contributed by atoms with E-state index in [1.165, 1.54) is 5.56 Å². The Bertz CT molecular complexity index is 818. The summed E-state index contributed by atoms with van der Waals surface area (Å²) in [7, 11) is 0. The Kier molecular flexibility index (Phi) is 5.42. The molecular weight excluding hydrogens is 352 g/mol. The summed E-state index contributed by atoms with van der Waals surface area (Å²) < 4.78 is 11.3. The van der Waals surface area contributed by atoms with Gasteiger partial charge in [0.15, 0.2) is 11.5 Å². The Labute approximate surface area is 166 Å². The molecule has 2 aromatic rings. The van der Waals surface area contributed by atoms with Gasteiger partial charge in [0.05, 0.1) is 12.1 Å². The summed E-state index contributed by atoms with van der Waals surface area (Å²) >= 11 is 0. The Morgan fingerprint density at radius 3 is 2.32 bits per heavy atom. The van der Waals surface area contributed by atoms with E-state index >= 15 is 0 Å². The van der Waals surface area contributed by atoms with Gasteiger partial charge < -0.3 is 20.1 Å². The summed E-state index contributed by atoms with van der Waals surface area (Å²) in [6.07, 6.45) is 2.32. The van der Waals surface area contributed by atoms with E-state index in [1.54, 1.807) is 0 Å². The average molecular weight is 380 g/mol. The molecule has 0 unspecified atom stereocenters. The van der Waals surface area contributed by atoms with E-state index in [1.807, 2.05) is 36.4 Å². The van der Waals surface area contributed by atoms with Gasteiger partial charge in [-0.15, -0.1) is 0 Å².